The number of benzene rings is 2. The third-order valence-electron chi connectivity index (χ3n) is 3.27. The van der Waals surface area contributed by atoms with Crippen LogP contribution in [0.3, 0.4) is 0 Å². The van der Waals surface area contributed by atoms with Crippen molar-refractivity contribution in [3.05, 3.63) is 75.5 Å². The Morgan fingerprint density at radius 1 is 1.10 bits per heavy atom. The first kappa shape index (κ1) is 13.6. The molecule has 100 valence electrons. The summed E-state index contributed by atoms with van der Waals surface area (Å²) in [6.45, 7) is 0. The number of halogens is 2. The Bertz CT molecular complexity index is 770. The van der Waals surface area contributed by atoms with Crippen molar-refractivity contribution in [3.63, 3.8) is 0 Å². The van der Waals surface area contributed by atoms with Gasteiger partial charge in [0.25, 0.3) is 0 Å². The van der Waals surface area contributed by atoms with Gasteiger partial charge in [0.15, 0.2) is 0 Å². The van der Waals surface area contributed by atoms with Gasteiger partial charge in [0.2, 0.25) is 0 Å². The summed E-state index contributed by atoms with van der Waals surface area (Å²) in [5.41, 5.74) is 1.65. The van der Waals surface area contributed by atoms with E-state index in [1.54, 1.807) is 24.5 Å². The zero-order chi connectivity index (χ0) is 14.1. The molecule has 20 heavy (non-hydrogen) atoms. The first-order valence-corrected chi connectivity index (χ1v) is 7.29. The van der Waals surface area contributed by atoms with Crippen LogP contribution in [-0.4, -0.2) is 10.1 Å². The van der Waals surface area contributed by atoms with Gasteiger partial charge in [-0.2, -0.15) is 0 Å². The SMILES string of the molecule is OC(c1ccc(Cl)cc1Br)c1cccc2cnccc12. The molecule has 1 N–H and O–H groups in total. The number of aromatic nitrogens is 1. The summed E-state index contributed by atoms with van der Waals surface area (Å²) in [5.74, 6) is 0. The van der Waals surface area contributed by atoms with Crippen molar-refractivity contribution in [2.45, 2.75) is 6.10 Å². The van der Waals surface area contributed by atoms with Crippen molar-refractivity contribution in [2.75, 3.05) is 0 Å². The second kappa shape index (κ2) is 5.52. The summed E-state index contributed by atoms with van der Waals surface area (Å²) in [6, 6.07) is 13.1. The van der Waals surface area contributed by atoms with Crippen molar-refractivity contribution < 1.29 is 5.11 Å². The smallest absolute Gasteiger partial charge is 0.106 e. The molecule has 3 aromatic rings. The lowest BCUT2D eigenvalue weighted by molar-refractivity contribution is 0.221. The van der Waals surface area contributed by atoms with Crippen LogP contribution in [0.15, 0.2) is 59.3 Å². The lowest BCUT2D eigenvalue weighted by Crippen LogP contribution is -2.01. The third-order valence-corrected chi connectivity index (χ3v) is 4.19. The van der Waals surface area contributed by atoms with Crippen LogP contribution in [-0.2, 0) is 0 Å². The number of pyridine rings is 1. The number of fused-ring (bicyclic) bond motifs is 1. The van der Waals surface area contributed by atoms with Crippen molar-refractivity contribution in [3.8, 4) is 0 Å². The molecule has 0 spiro atoms. The molecule has 3 rings (SSSR count). The van der Waals surface area contributed by atoms with E-state index in [-0.39, 0.29) is 0 Å². The molecule has 1 heterocycles. The van der Waals surface area contributed by atoms with Crippen molar-refractivity contribution in [1.82, 2.24) is 4.98 Å². The molecule has 1 atom stereocenters. The molecule has 0 fully saturated rings. The minimum absolute atomic E-state index is 0.634. The van der Waals surface area contributed by atoms with E-state index in [0.29, 0.717) is 5.02 Å². The molecule has 0 aliphatic rings. The molecule has 0 bridgehead atoms. The third kappa shape index (κ3) is 2.44. The van der Waals surface area contributed by atoms with Crippen molar-refractivity contribution in [2.24, 2.45) is 0 Å². The average molecular weight is 349 g/mol. The first-order chi connectivity index (χ1) is 9.66. The highest BCUT2D eigenvalue weighted by Gasteiger charge is 2.16. The maximum Gasteiger partial charge on any atom is 0.106 e. The molecule has 4 heteroatoms. The fourth-order valence-corrected chi connectivity index (χ4v) is 3.18. The van der Waals surface area contributed by atoms with Gasteiger partial charge in [-0.3, -0.25) is 4.98 Å². The Balaban J connectivity index is 2.15. The summed E-state index contributed by atoms with van der Waals surface area (Å²) in [4.78, 5) is 4.11. The van der Waals surface area contributed by atoms with Crippen LogP contribution in [0.25, 0.3) is 10.8 Å². The quantitative estimate of drug-likeness (QED) is 0.726. The van der Waals surface area contributed by atoms with E-state index in [1.807, 2.05) is 30.3 Å². The second-order valence-electron chi connectivity index (χ2n) is 4.51. The molecule has 0 amide bonds. The first-order valence-electron chi connectivity index (χ1n) is 6.12. The molecule has 0 aliphatic carbocycles. The summed E-state index contributed by atoms with van der Waals surface area (Å²) in [6.07, 6.45) is 2.81. The van der Waals surface area contributed by atoms with Crippen LogP contribution in [0.5, 0.6) is 0 Å². The van der Waals surface area contributed by atoms with E-state index in [2.05, 4.69) is 20.9 Å². The number of hydrogen-bond acceptors (Lipinski definition) is 2. The summed E-state index contributed by atoms with van der Waals surface area (Å²) < 4.78 is 0.795. The summed E-state index contributed by atoms with van der Waals surface area (Å²) >= 11 is 9.40. The van der Waals surface area contributed by atoms with E-state index in [1.165, 1.54) is 0 Å². The number of aliphatic hydroxyl groups is 1. The highest BCUT2D eigenvalue weighted by Crippen LogP contribution is 2.33. The number of aliphatic hydroxyl groups excluding tert-OH is 1. The van der Waals surface area contributed by atoms with Gasteiger partial charge in [-0.15, -0.1) is 0 Å². The van der Waals surface area contributed by atoms with E-state index < -0.39 is 6.10 Å². The van der Waals surface area contributed by atoms with Gasteiger partial charge in [-0.1, -0.05) is 51.8 Å². The Kier molecular flexibility index (Phi) is 3.74. The normalized spacial score (nSPS) is 12.6. The maximum absolute atomic E-state index is 10.7. The van der Waals surface area contributed by atoms with E-state index in [9.17, 15) is 5.11 Å². The molecule has 0 radical (unpaired) electrons. The van der Waals surface area contributed by atoms with Gasteiger partial charge >= 0.3 is 0 Å². The predicted octanol–water partition coefficient (Wildman–Crippen LogP) is 4.73. The highest BCUT2D eigenvalue weighted by molar-refractivity contribution is 9.10. The van der Waals surface area contributed by atoms with Crippen molar-refractivity contribution >= 4 is 38.3 Å². The molecule has 1 aromatic heterocycles. The number of nitrogens with zero attached hydrogens (tertiary/aromatic N) is 1. The topological polar surface area (TPSA) is 33.1 Å². The number of rotatable bonds is 2. The van der Waals surface area contributed by atoms with Gasteiger partial charge < -0.3 is 5.11 Å². The van der Waals surface area contributed by atoms with Gasteiger partial charge in [0.1, 0.15) is 6.10 Å². The van der Waals surface area contributed by atoms with Gasteiger partial charge in [0, 0.05) is 27.3 Å². The Morgan fingerprint density at radius 2 is 1.95 bits per heavy atom. The molecule has 2 nitrogen and oxygen atoms in total. The minimum Gasteiger partial charge on any atom is -0.384 e. The van der Waals surface area contributed by atoms with Gasteiger partial charge in [0.05, 0.1) is 0 Å². The second-order valence-corrected chi connectivity index (χ2v) is 5.80. The zero-order valence-corrected chi connectivity index (χ0v) is 12.8. The molecule has 2 aromatic carbocycles. The lowest BCUT2D eigenvalue weighted by atomic mass is 9.97. The van der Waals surface area contributed by atoms with E-state index >= 15 is 0 Å². The van der Waals surface area contributed by atoms with Crippen LogP contribution in [0.2, 0.25) is 5.02 Å². The van der Waals surface area contributed by atoms with E-state index in [4.69, 9.17) is 11.6 Å². The van der Waals surface area contributed by atoms with Crippen molar-refractivity contribution in [1.29, 1.82) is 0 Å². The maximum atomic E-state index is 10.7. The van der Waals surface area contributed by atoms with E-state index in [0.717, 1.165) is 26.4 Å². The summed E-state index contributed by atoms with van der Waals surface area (Å²) in [7, 11) is 0. The molecule has 0 saturated carbocycles. The number of hydrogen-bond donors (Lipinski definition) is 1. The molecular formula is C16H11BrClNO. The van der Waals surface area contributed by atoms with Gasteiger partial charge in [-0.25, -0.2) is 0 Å². The van der Waals surface area contributed by atoms with Gasteiger partial charge in [-0.05, 0) is 34.7 Å². The molecule has 0 aliphatic heterocycles. The Hall–Kier alpha value is -1.42. The van der Waals surface area contributed by atoms with Crippen LogP contribution < -0.4 is 0 Å². The largest absolute Gasteiger partial charge is 0.384 e. The summed E-state index contributed by atoms with van der Waals surface area (Å²) in [5, 5.41) is 13.3. The predicted molar refractivity (Wildman–Crippen MR) is 85.0 cm³/mol. The minimum atomic E-state index is -0.715. The zero-order valence-electron chi connectivity index (χ0n) is 10.4. The highest BCUT2D eigenvalue weighted by atomic mass is 79.9. The fourth-order valence-electron chi connectivity index (χ4n) is 2.28. The average Bonchev–Trinajstić information content (AvgIpc) is 2.46. The van der Waals surface area contributed by atoms with Crippen LogP contribution in [0, 0.1) is 0 Å². The monoisotopic (exact) mass is 347 g/mol. The van der Waals surface area contributed by atoms with Crippen LogP contribution in [0.4, 0.5) is 0 Å². The molecule has 0 saturated heterocycles. The molecule has 1 unspecified atom stereocenters. The lowest BCUT2D eigenvalue weighted by Gasteiger charge is -2.15. The van der Waals surface area contributed by atoms with Crippen LogP contribution in [0.1, 0.15) is 17.2 Å². The van der Waals surface area contributed by atoms with Crippen LogP contribution >= 0.6 is 27.5 Å². The standard InChI is InChI=1S/C16H11BrClNO/c17-15-8-11(18)4-5-14(15)16(20)13-3-1-2-10-9-19-7-6-12(10)13/h1-9,16,20H. The fraction of sp³-hybridized carbons (Fsp3) is 0.0625. The Morgan fingerprint density at radius 3 is 2.75 bits per heavy atom. The molecular weight excluding hydrogens is 338 g/mol. The Labute approximate surface area is 130 Å².